The number of nitrogens with zero attached hydrogens (tertiary/aromatic N) is 1. The molecule has 2 amide bonds. The lowest BCUT2D eigenvalue weighted by Crippen LogP contribution is -2.41. The Balaban J connectivity index is 1.98. The van der Waals surface area contributed by atoms with E-state index in [0.29, 0.717) is 11.6 Å². The summed E-state index contributed by atoms with van der Waals surface area (Å²) in [5.41, 5.74) is 1.74. The van der Waals surface area contributed by atoms with Crippen molar-refractivity contribution in [3.05, 3.63) is 69.8 Å². The van der Waals surface area contributed by atoms with Gasteiger partial charge in [0.25, 0.3) is 11.6 Å². The maximum Gasteiger partial charge on any atom is 0.270 e. The number of anilines is 1. The predicted octanol–water partition coefficient (Wildman–Crippen LogP) is 3.48. The van der Waals surface area contributed by atoms with Crippen LogP contribution < -0.4 is 10.6 Å². The number of benzene rings is 2. The van der Waals surface area contributed by atoms with E-state index in [2.05, 4.69) is 24.5 Å². The highest BCUT2D eigenvalue weighted by molar-refractivity contribution is 6.01. The molecular formula is C19H21N3O4. The zero-order valence-corrected chi connectivity index (χ0v) is 14.9. The first-order valence-electron chi connectivity index (χ1n) is 8.24. The third-order valence-electron chi connectivity index (χ3n) is 3.90. The van der Waals surface area contributed by atoms with Crippen molar-refractivity contribution in [3.63, 3.8) is 0 Å². The van der Waals surface area contributed by atoms with Gasteiger partial charge in [-0.25, -0.2) is 0 Å². The SMILES string of the molecule is CC(NC(=O)c1cccc([N+](=O)[O-])c1)C(=O)Nc1ccc(C(C)C)cc1. The van der Waals surface area contributed by atoms with E-state index in [9.17, 15) is 19.7 Å². The van der Waals surface area contributed by atoms with Crippen molar-refractivity contribution < 1.29 is 14.5 Å². The molecule has 2 N–H and O–H groups in total. The molecule has 1 atom stereocenters. The van der Waals surface area contributed by atoms with Crippen LogP contribution in [0.25, 0.3) is 0 Å². The number of nitrogens with one attached hydrogen (secondary N) is 2. The first-order valence-corrected chi connectivity index (χ1v) is 8.24. The minimum Gasteiger partial charge on any atom is -0.341 e. The molecule has 2 rings (SSSR count). The number of carbonyl (C=O) groups excluding carboxylic acids is 2. The molecule has 0 fully saturated rings. The lowest BCUT2D eigenvalue weighted by atomic mass is 10.0. The third kappa shape index (κ3) is 4.89. The van der Waals surface area contributed by atoms with Gasteiger partial charge >= 0.3 is 0 Å². The molecule has 0 heterocycles. The third-order valence-corrected chi connectivity index (χ3v) is 3.90. The van der Waals surface area contributed by atoms with Crippen LogP contribution in [-0.4, -0.2) is 22.8 Å². The molecule has 2 aromatic rings. The van der Waals surface area contributed by atoms with E-state index in [-0.39, 0.29) is 17.2 Å². The molecule has 0 bridgehead atoms. The number of amides is 2. The van der Waals surface area contributed by atoms with Gasteiger partial charge in [0.05, 0.1) is 4.92 Å². The Morgan fingerprint density at radius 1 is 1.04 bits per heavy atom. The van der Waals surface area contributed by atoms with Crippen LogP contribution in [0.3, 0.4) is 0 Å². The van der Waals surface area contributed by atoms with Crippen molar-refractivity contribution in [2.75, 3.05) is 5.32 Å². The Morgan fingerprint density at radius 2 is 1.69 bits per heavy atom. The summed E-state index contributed by atoms with van der Waals surface area (Å²) < 4.78 is 0. The number of nitro groups is 1. The van der Waals surface area contributed by atoms with Crippen molar-refractivity contribution >= 4 is 23.2 Å². The van der Waals surface area contributed by atoms with Gasteiger partial charge in [-0.1, -0.05) is 32.0 Å². The summed E-state index contributed by atoms with van der Waals surface area (Å²) in [7, 11) is 0. The topological polar surface area (TPSA) is 101 Å². The second-order valence-electron chi connectivity index (χ2n) is 6.27. The number of carbonyl (C=O) groups is 2. The molecule has 0 saturated heterocycles. The highest BCUT2D eigenvalue weighted by Gasteiger charge is 2.18. The summed E-state index contributed by atoms with van der Waals surface area (Å²) >= 11 is 0. The van der Waals surface area contributed by atoms with E-state index in [4.69, 9.17) is 0 Å². The monoisotopic (exact) mass is 355 g/mol. The first kappa shape index (κ1) is 19.1. The minimum absolute atomic E-state index is 0.125. The van der Waals surface area contributed by atoms with Crippen molar-refractivity contribution in [1.82, 2.24) is 5.32 Å². The van der Waals surface area contributed by atoms with E-state index in [1.807, 2.05) is 24.3 Å². The van der Waals surface area contributed by atoms with E-state index >= 15 is 0 Å². The largest absolute Gasteiger partial charge is 0.341 e. The van der Waals surface area contributed by atoms with Gasteiger partial charge in [-0.2, -0.15) is 0 Å². The van der Waals surface area contributed by atoms with Crippen LogP contribution in [0, 0.1) is 10.1 Å². The Kier molecular flexibility index (Phi) is 6.06. The van der Waals surface area contributed by atoms with Gasteiger partial charge in [0.15, 0.2) is 0 Å². The normalized spacial score (nSPS) is 11.7. The summed E-state index contributed by atoms with van der Waals surface area (Å²) in [5, 5.41) is 16.1. The van der Waals surface area contributed by atoms with Crippen LogP contribution >= 0.6 is 0 Å². The molecule has 136 valence electrons. The Morgan fingerprint density at radius 3 is 2.27 bits per heavy atom. The second-order valence-corrected chi connectivity index (χ2v) is 6.27. The molecule has 2 aromatic carbocycles. The van der Waals surface area contributed by atoms with E-state index in [1.165, 1.54) is 24.3 Å². The molecule has 0 aromatic heterocycles. The Bertz CT molecular complexity index is 816. The van der Waals surface area contributed by atoms with E-state index in [0.717, 1.165) is 5.56 Å². The molecule has 0 spiro atoms. The zero-order valence-electron chi connectivity index (χ0n) is 14.9. The van der Waals surface area contributed by atoms with Gasteiger partial charge in [-0.3, -0.25) is 19.7 Å². The number of nitro benzene ring substituents is 1. The van der Waals surface area contributed by atoms with Crippen LogP contribution in [0.4, 0.5) is 11.4 Å². The van der Waals surface area contributed by atoms with Gasteiger partial charge < -0.3 is 10.6 Å². The second kappa shape index (κ2) is 8.24. The van der Waals surface area contributed by atoms with Crippen molar-refractivity contribution in [3.8, 4) is 0 Å². The highest BCUT2D eigenvalue weighted by atomic mass is 16.6. The van der Waals surface area contributed by atoms with Crippen LogP contribution in [0.5, 0.6) is 0 Å². The Hall–Kier alpha value is -3.22. The standard InChI is InChI=1S/C19H21N3O4/c1-12(2)14-7-9-16(10-8-14)21-18(23)13(3)20-19(24)15-5-4-6-17(11-15)22(25)26/h4-13H,1-3H3,(H,20,24)(H,21,23). The molecule has 0 radical (unpaired) electrons. The summed E-state index contributed by atoms with van der Waals surface area (Å²) in [6, 6.07) is 12.0. The average molecular weight is 355 g/mol. The zero-order chi connectivity index (χ0) is 19.3. The first-order chi connectivity index (χ1) is 12.3. The van der Waals surface area contributed by atoms with Crippen LogP contribution in [0.1, 0.15) is 42.6 Å². The van der Waals surface area contributed by atoms with Crippen LogP contribution in [0.15, 0.2) is 48.5 Å². The van der Waals surface area contributed by atoms with Gasteiger partial charge in [-0.15, -0.1) is 0 Å². The smallest absolute Gasteiger partial charge is 0.270 e. The fourth-order valence-electron chi connectivity index (χ4n) is 2.31. The lowest BCUT2D eigenvalue weighted by molar-refractivity contribution is -0.384. The summed E-state index contributed by atoms with van der Waals surface area (Å²) in [4.78, 5) is 34.6. The maximum atomic E-state index is 12.2. The minimum atomic E-state index is -0.800. The average Bonchev–Trinajstić information content (AvgIpc) is 2.62. The highest BCUT2D eigenvalue weighted by Crippen LogP contribution is 2.17. The summed E-state index contributed by atoms with van der Waals surface area (Å²) in [6.45, 7) is 5.71. The lowest BCUT2D eigenvalue weighted by Gasteiger charge is -2.15. The number of non-ortho nitro benzene ring substituents is 1. The quantitative estimate of drug-likeness (QED) is 0.612. The van der Waals surface area contributed by atoms with E-state index < -0.39 is 16.9 Å². The predicted molar refractivity (Wildman–Crippen MR) is 99.2 cm³/mol. The van der Waals surface area contributed by atoms with E-state index in [1.54, 1.807) is 6.92 Å². The number of hydrogen-bond acceptors (Lipinski definition) is 4. The van der Waals surface area contributed by atoms with Gasteiger partial charge in [0.2, 0.25) is 5.91 Å². The molecule has 1 unspecified atom stereocenters. The maximum absolute atomic E-state index is 12.2. The van der Waals surface area contributed by atoms with Crippen molar-refractivity contribution in [2.24, 2.45) is 0 Å². The molecule has 0 aliphatic heterocycles. The number of hydrogen-bond donors (Lipinski definition) is 2. The molecule has 0 saturated carbocycles. The summed E-state index contributed by atoms with van der Waals surface area (Å²) in [5.74, 6) is -0.527. The molecular weight excluding hydrogens is 334 g/mol. The molecule has 26 heavy (non-hydrogen) atoms. The summed E-state index contributed by atoms with van der Waals surface area (Å²) in [6.07, 6.45) is 0. The Labute approximate surface area is 151 Å². The van der Waals surface area contributed by atoms with Crippen LogP contribution in [-0.2, 0) is 4.79 Å². The molecule has 0 aliphatic rings. The number of rotatable bonds is 6. The van der Waals surface area contributed by atoms with Crippen molar-refractivity contribution in [1.29, 1.82) is 0 Å². The molecule has 7 heteroatoms. The molecule has 0 aliphatic carbocycles. The van der Waals surface area contributed by atoms with Gasteiger partial charge in [0.1, 0.15) is 6.04 Å². The fourth-order valence-corrected chi connectivity index (χ4v) is 2.31. The van der Waals surface area contributed by atoms with Gasteiger partial charge in [0, 0.05) is 23.4 Å². The van der Waals surface area contributed by atoms with Crippen molar-refractivity contribution in [2.45, 2.75) is 32.7 Å². The molecule has 7 nitrogen and oxygen atoms in total. The van der Waals surface area contributed by atoms with Crippen LogP contribution in [0.2, 0.25) is 0 Å². The van der Waals surface area contributed by atoms with Gasteiger partial charge in [-0.05, 0) is 36.6 Å². The fraction of sp³-hybridized carbons (Fsp3) is 0.263.